The number of pyridine rings is 1. The summed E-state index contributed by atoms with van der Waals surface area (Å²) in [6.45, 7) is 2.28. The van der Waals surface area contributed by atoms with Crippen molar-refractivity contribution in [1.29, 1.82) is 0 Å². The highest BCUT2D eigenvalue weighted by atomic mass is 32.2. The molecule has 37 heavy (non-hydrogen) atoms. The largest absolute Gasteiger partial charge is 0.516 e. The Morgan fingerprint density at radius 1 is 1.11 bits per heavy atom. The van der Waals surface area contributed by atoms with E-state index in [1.54, 1.807) is 41.1 Å². The van der Waals surface area contributed by atoms with E-state index in [0.29, 0.717) is 29.2 Å². The zero-order valence-corrected chi connectivity index (χ0v) is 20.4. The van der Waals surface area contributed by atoms with Gasteiger partial charge in [-0.2, -0.15) is 21.6 Å². The summed E-state index contributed by atoms with van der Waals surface area (Å²) in [6.07, 6.45) is 2.09. The average Bonchev–Trinajstić information content (AvgIpc) is 3.61. The molecule has 2 aromatic heterocycles. The van der Waals surface area contributed by atoms with E-state index in [1.807, 2.05) is 11.5 Å². The summed E-state index contributed by atoms with van der Waals surface area (Å²) in [7, 11) is -5.57. The number of aromatic nitrogens is 2. The van der Waals surface area contributed by atoms with Crippen molar-refractivity contribution >= 4 is 32.7 Å². The minimum Gasteiger partial charge on any atom is -0.477 e. The average molecular weight is 530 g/mol. The highest BCUT2D eigenvalue weighted by Gasteiger charge is 2.46. The molecular weight excluding hydrogens is 507 g/mol. The lowest BCUT2D eigenvalue weighted by atomic mass is 10.0. The molecule has 0 amide bonds. The molecule has 0 aliphatic heterocycles. The van der Waals surface area contributed by atoms with Gasteiger partial charge in [0.15, 0.2) is 5.69 Å². The second-order valence-electron chi connectivity index (χ2n) is 9.09. The van der Waals surface area contributed by atoms with Gasteiger partial charge in [0.1, 0.15) is 5.65 Å². The van der Waals surface area contributed by atoms with Gasteiger partial charge in [0.25, 0.3) is 0 Å². The van der Waals surface area contributed by atoms with Crippen molar-refractivity contribution in [1.82, 2.24) is 9.55 Å². The number of carboxylic acids is 1. The van der Waals surface area contributed by atoms with Crippen LogP contribution in [0.1, 0.15) is 46.1 Å². The lowest BCUT2D eigenvalue weighted by Gasteiger charge is -2.15. The van der Waals surface area contributed by atoms with Gasteiger partial charge in [-0.05, 0) is 60.6 Å². The molecule has 2 N–H and O–H groups in total. The smallest absolute Gasteiger partial charge is 0.477 e. The van der Waals surface area contributed by atoms with E-state index in [1.165, 1.54) is 18.2 Å². The fraction of sp³-hybridized carbons (Fsp3) is 0.231. The number of carboxylic acid groups (broad SMARTS) is 1. The van der Waals surface area contributed by atoms with Crippen LogP contribution in [-0.4, -0.2) is 34.6 Å². The number of aryl methyl sites for hydroxylation is 1. The fourth-order valence-electron chi connectivity index (χ4n) is 4.39. The lowest BCUT2D eigenvalue weighted by Crippen LogP contribution is -2.30. The van der Waals surface area contributed by atoms with Crippen LogP contribution in [-0.2, 0) is 16.6 Å². The first kappa shape index (κ1) is 24.8. The van der Waals surface area contributed by atoms with Crippen LogP contribution in [0.2, 0.25) is 0 Å². The number of alkyl halides is 3. The summed E-state index contributed by atoms with van der Waals surface area (Å²) in [5.41, 5.74) is -1.43. The summed E-state index contributed by atoms with van der Waals surface area (Å²) in [5.74, 6) is -0.718. The molecule has 0 bridgehead atoms. The van der Waals surface area contributed by atoms with Crippen molar-refractivity contribution in [3.63, 3.8) is 0 Å². The highest BCUT2D eigenvalue weighted by molar-refractivity contribution is 7.93. The maximum absolute atomic E-state index is 12.9. The Labute approximate surface area is 210 Å². The van der Waals surface area contributed by atoms with E-state index in [9.17, 15) is 31.5 Å². The van der Waals surface area contributed by atoms with Gasteiger partial charge in [-0.25, -0.2) is 9.78 Å². The maximum Gasteiger partial charge on any atom is 0.516 e. The van der Waals surface area contributed by atoms with Gasteiger partial charge in [0.05, 0.1) is 5.69 Å². The number of nitrogens with one attached hydrogen (secondary N) is 1. The van der Waals surface area contributed by atoms with Crippen molar-refractivity contribution in [2.24, 2.45) is 0 Å². The van der Waals surface area contributed by atoms with Crippen LogP contribution in [0, 0.1) is 6.92 Å². The van der Waals surface area contributed by atoms with Crippen LogP contribution in [0.15, 0.2) is 60.7 Å². The van der Waals surface area contributed by atoms with Crippen LogP contribution in [0.4, 0.5) is 18.9 Å². The topological polar surface area (TPSA) is 101 Å². The first-order chi connectivity index (χ1) is 17.4. The number of carbonyl (C=O) groups is 1. The number of rotatable bonds is 7. The molecule has 0 atom stereocenters. The van der Waals surface area contributed by atoms with Crippen molar-refractivity contribution in [2.45, 2.75) is 37.7 Å². The summed E-state index contributed by atoms with van der Waals surface area (Å²) in [5, 5.41) is 10.4. The molecule has 7 nitrogen and oxygen atoms in total. The first-order valence-corrected chi connectivity index (χ1v) is 12.9. The molecule has 2 heterocycles. The number of para-hydroxylation sites is 1. The zero-order chi connectivity index (χ0) is 26.5. The third kappa shape index (κ3) is 4.78. The van der Waals surface area contributed by atoms with Gasteiger partial charge in [0, 0.05) is 23.2 Å². The number of halogens is 3. The number of sulfonamides is 1. The number of hydrogen-bond acceptors (Lipinski definition) is 4. The van der Waals surface area contributed by atoms with E-state index in [4.69, 9.17) is 0 Å². The fourth-order valence-corrected chi connectivity index (χ4v) is 4.97. The van der Waals surface area contributed by atoms with Crippen molar-refractivity contribution in [3.05, 3.63) is 83.2 Å². The summed E-state index contributed by atoms with van der Waals surface area (Å²) in [4.78, 5) is 16.0. The van der Waals surface area contributed by atoms with E-state index >= 15 is 0 Å². The van der Waals surface area contributed by atoms with Gasteiger partial charge in [-0.15, -0.1) is 0 Å². The second-order valence-corrected chi connectivity index (χ2v) is 10.8. The predicted octanol–water partition coefficient (Wildman–Crippen LogP) is 5.90. The van der Waals surface area contributed by atoms with Gasteiger partial charge in [-0.1, -0.05) is 42.5 Å². The van der Waals surface area contributed by atoms with Gasteiger partial charge < -0.3 is 9.67 Å². The Kier molecular flexibility index (Phi) is 5.98. The third-order valence-electron chi connectivity index (χ3n) is 6.40. The predicted molar refractivity (Wildman–Crippen MR) is 133 cm³/mol. The van der Waals surface area contributed by atoms with Crippen LogP contribution in [0.25, 0.3) is 22.2 Å². The van der Waals surface area contributed by atoms with Gasteiger partial charge >= 0.3 is 21.5 Å². The lowest BCUT2D eigenvalue weighted by molar-refractivity contribution is -0.0429. The molecule has 0 unspecified atom stereocenters. The molecule has 1 aliphatic carbocycles. The molecule has 2 aromatic carbocycles. The quantitative estimate of drug-likeness (QED) is 0.311. The van der Waals surface area contributed by atoms with E-state index in [-0.39, 0.29) is 11.4 Å². The van der Waals surface area contributed by atoms with Crippen molar-refractivity contribution in [2.75, 3.05) is 4.72 Å². The SMILES string of the molecule is Cc1cc(C(=O)O)nc2c1cc(C1CC1)n2Cc1ccc(-c2ccccc2NS(=O)(=O)C(F)(F)F)cc1. The molecule has 0 saturated heterocycles. The first-order valence-electron chi connectivity index (χ1n) is 11.5. The van der Waals surface area contributed by atoms with Gasteiger partial charge in [-0.3, -0.25) is 4.72 Å². The monoisotopic (exact) mass is 529 g/mol. The Bertz CT molecular complexity index is 1620. The molecule has 0 spiro atoms. The number of aromatic carboxylic acids is 1. The van der Waals surface area contributed by atoms with E-state index < -0.39 is 21.5 Å². The third-order valence-corrected chi connectivity index (χ3v) is 7.50. The minimum atomic E-state index is -5.57. The molecule has 192 valence electrons. The number of anilines is 1. The number of benzene rings is 2. The second kappa shape index (κ2) is 8.91. The highest BCUT2D eigenvalue weighted by Crippen LogP contribution is 2.43. The Morgan fingerprint density at radius 3 is 2.41 bits per heavy atom. The van der Waals surface area contributed by atoms with Crippen molar-refractivity contribution in [3.8, 4) is 11.1 Å². The molecule has 1 saturated carbocycles. The number of hydrogen-bond donors (Lipinski definition) is 2. The summed E-state index contributed by atoms with van der Waals surface area (Å²) in [6, 6.07) is 16.5. The normalized spacial score (nSPS) is 14.2. The number of fused-ring (bicyclic) bond motifs is 1. The summed E-state index contributed by atoms with van der Waals surface area (Å²) >= 11 is 0. The Morgan fingerprint density at radius 2 is 1.78 bits per heavy atom. The van der Waals surface area contributed by atoms with Gasteiger partial charge in [0.2, 0.25) is 0 Å². The Hall–Kier alpha value is -3.86. The van der Waals surface area contributed by atoms with Crippen LogP contribution in [0.5, 0.6) is 0 Å². The molecule has 5 rings (SSSR count). The summed E-state index contributed by atoms with van der Waals surface area (Å²) < 4.78 is 65.6. The zero-order valence-electron chi connectivity index (χ0n) is 19.6. The maximum atomic E-state index is 12.9. The van der Waals surface area contributed by atoms with Crippen molar-refractivity contribution < 1.29 is 31.5 Å². The van der Waals surface area contributed by atoms with Crippen LogP contribution in [0.3, 0.4) is 0 Å². The molecule has 4 aromatic rings. The molecule has 1 fully saturated rings. The van der Waals surface area contributed by atoms with E-state index in [2.05, 4.69) is 11.1 Å². The minimum absolute atomic E-state index is 0.0278. The van der Waals surface area contributed by atoms with Crippen LogP contribution >= 0.6 is 0 Å². The molecule has 0 radical (unpaired) electrons. The van der Waals surface area contributed by atoms with Crippen LogP contribution < -0.4 is 4.72 Å². The van der Waals surface area contributed by atoms with E-state index in [0.717, 1.165) is 35.0 Å². The molecular formula is C26H22F3N3O4S. The standard InChI is InChI=1S/C26H22F3N3O4S/c1-15-12-22(25(33)34)30-24-20(15)13-23(18-10-11-18)32(24)14-16-6-8-17(9-7-16)19-4-2-3-5-21(19)31-37(35,36)26(27,28)29/h2-9,12-13,18,31H,10-11,14H2,1H3,(H,33,34). The number of nitrogens with zero attached hydrogens (tertiary/aromatic N) is 2. The Balaban J connectivity index is 1.49. The molecule has 1 aliphatic rings. The molecule has 11 heteroatoms.